The molecular weight excluding hydrogens is 322 g/mol. The van der Waals surface area contributed by atoms with Crippen LogP contribution in [0.4, 0.5) is 11.4 Å². The molecule has 1 aliphatic rings. The van der Waals surface area contributed by atoms with Crippen LogP contribution in [0, 0.1) is 16.0 Å². The lowest BCUT2D eigenvalue weighted by molar-refractivity contribution is -0.384. The number of halogens is 1. The number of nitro groups is 1. The van der Waals surface area contributed by atoms with Crippen LogP contribution in [0.2, 0.25) is 0 Å². The molecule has 1 fully saturated rings. The Morgan fingerprint density at radius 3 is 2.65 bits per heavy atom. The van der Waals surface area contributed by atoms with Crippen LogP contribution in [-0.4, -0.2) is 17.5 Å². The summed E-state index contributed by atoms with van der Waals surface area (Å²) < 4.78 is 0.709. The van der Waals surface area contributed by atoms with E-state index in [1.165, 1.54) is 44.2 Å². The zero-order valence-corrected chi connectivity index (χ0v) is 12.9. The first-order chi connectivity index (χ1) is 9.61. The number of non-ortho nitro benzene ring substituents is 1. The highest BCUT2D eigenvalue weighted by atomic mass is 79.9. The molecule has 0 aromatic heterocycles. The zero-order chi connectivity index (χ0) is 14.5. The molecule has 2 rings (SSSR count). The molecule has 1 aromatic rings. The zero-order valence-electron chi connectivity index (χ0n) is 11.3. The molecule has 0 saturated heterocycles. The van der Waals surface area contributed by atoms with E-state index in [2.05, 4.69) is 21.2 Å². The Hall–Kier alpha value is -1.14. The summed E-state index contributed by atoms with van der Waals surface area (Å²) in [6.07, 6.45) is 6.27. The third-order valence-electron chi connectivity index (χ3n) is 3.98. The first-order valence-corrected chi connectivity index (χ1v) is 7.81. The number of nitrogens with one attached hydrogen (secondary N) is 1. The molecule has 1 aliphatic carbocycles. The van der Waals surface area contributed by atoms with E-state index in [1.54, 1.807) is 6.07 Å². The van der Waals surface area contributed by atoms with Crippen molar-refractivity contribution in [3.8, 4) is 0 Å². The third kappa shape index (κ3) is 3.70. The lowest BCUT2D eigenvalue weighted by Gasteiger charge is -2.31. The second-order valence-corrected chi connectivity index (χ2v) is 6.16. The SMILES string of the molecule is NCC(Nc1ccc([N+](=O)[O-])cc1Br)C1CCCCC1. The fraction of sp³-hybridized carbons (Fsp3) is 0.571. The molecule has 1 unspecified atom stereocenters. The second-order valence-electron chi connectivity index (χ2n) is 5.31. The lowest BCUT2D eigenvalue weighted by atomic mass is 9.84. The topological polar surface area (TPSA) is 81.2 Å². The van der Waals surface area contributed by atoms with Gasteiger partial charge in [-0.25, -0.2) is 0 Å². The predicted molar refractivity (Wildman–Crippen MR) is 83.8 cm³/mol. The maximum Gasteiger partial charge on any atom is 0.270 e. The van der Waals surface area contributed by atoms with Crippen molar-refractivity contribution in [2.75, 3.05) is 11.9 Å². The van der Waals surface area contributed by atoms with Gasteiger partial charge in [-0.3, -0.25) is 10.1 Å². The van der Waals surface area contributed by atoms with Gasteiger partial charge >= 0.3 is 0 Å². The standard InChI is InChI=1S/C14H20BrN3O2/c15-12-8-11(18(19)20)6-7-13(12)17-14(9-16)10-4-2-1-3-5-10/h6-8,10,14,17H,1-5,9,16H2. The van der Waals surface area contributed by atoms with E-state index >= 15 is 0 Å². The van der Waals surface area contributed by atoms with E-state index in [4.69, 9.17) is 5.73 Å². The minimum absolute atomic E-state index is 0.0874. The summed E-state index contributed by atoms with van der Waals surface area (Å²) in [5.74, 6) is 0.593. The number of benzene rings is 1. The summed E-state index contributed by atoms with van der Waals surface area (Å²) >= 11 is 3.39. The normalized spacial score (nSPS) is 17.7. The highest BCUT2D eigenvalue weighted by Gasteiger charge is 2.23. The van der Waals surface area contributed by atoms with Crippen molar-refractivity contribution in [2.24, 2.45) is 11.7 Å². The van der Waals surface area contributed by atoms with Gasteiger partial charge in [0.1, 0.15) is 0 Å². The number of rotatable bonds is 5. The van der Waals surface area contributed by atoms with Crippen LogP contribution in [0.5, 0.6) is 0 Å². The fourth-order valence-electron chi connectivity index (χ4n) is 2.84. The Labute approximate surface area is 127 Å². The van der Waals surface area contributed by atoms with Gasteiger partial charge in [-0.15, -0.1) is 0 Å². The molecule has 0 heterocycles. The molecule has 0 radical (unpaired) electrons. The molecule has 0 spiro atoms. The molecule has 110 valence electrons. The summed E-state index contributed by atoms with van der Waals surface area (Å²) in [5.41, 5.74) is 6.85. The van der Waals surface area contributed by atoms with E-state index in [0.717, 1.165) is 5.69 Å². The average Bonchev–Trinajstić information content (AvgIpc) is 2.46. The van der Waals surface area contributed by atoms with Crippen molar-refractivity contribution >= 4 is 27.3 Å². The molecule has 5 nitrogen and oxygen atoms in total. The first kappa shape index (κ1) is 15.3. The lowest BCUT2D eigenvalue weighted by Crippen LogP contribution is -2.37. The van der Waals surface area contributed by atoms with Crippen molar-refractivity contribution in [1.82, 2.24) is 0 Å². The van der Waals surface area contributed by atoms with E-state index in [0.29, 0.717) is 16.9 Å². The Balaban J connectivity index is 2.08. The minimum atomic E-state index is -0.393. The van der Waals surface area contributed by atoms with Gasteiger partial charge in [0, 0.05) is 34.9 Å². The van der Waals surface area contributed by atoms with Gasteiger partial charge in [0.05, 0.1) is 4.92 Å². The molecule has 0 aliphatic heterocycles. The van der Waals surface area contributed by atoms with Gasteiger partial charge in [0.15, 0.2) is 0 Å². The van der Waals surface area contributed by atoms with Crippen LogP contribution in [0.1, 0.15) is 32.1 Å². The Bertz CT molecular complexity index is 475. The molecule has 0 bridgehead atoms. The Kier molecular flexibility index (Phi) is 5.37. The highest BCUT2D eigenvalue weighted by molar-refractivity contribution is 9.10. The van der Waals surface area contributed by atoms with Crippen molar-refractivity contribution in [2.45, 2.75) is 38.1 Å². The molecule has 1 atom stereocenters. The summed E-state index contributed by atoms with van der Waals surface area (Å²) in [5, 5.41) is 14.2. The van der Waals surface area contributed by atoms with Crippen molar-refractivity contribution in [3.63, 3.8) is 0 Å². The van der Waals surface area contributed by atoms with Gasteiger partial charge in [0.2, 0.25) is 0 Å². The van der Waals surface area contributed by atoms with Crippen LogP contribution in [0.25, 0.3) is 0 Å². The van der Waals surface area contributed by atoms with E-state index in [-0.39, 0.29) is 11.7 Å². The van der Waals surface area contributed by atoms with E-state index < -0.39 is 4.92 Å². The molecule has 20 heavy (non-hydrogen) atoms. The molecule has 6 heteroatoms. The third-order valence-corrected chi connectivity index (χ3v) is 4.63. The molecule has 1 aromatic carbocycles. The van der Waals surface area contributed by atoms with Crippen LogP contribution in [-0.2, 0) is 0 Å². The number of nitrogens with two attached hydrogens (primary N) is 1. The number of hydrogen-bond acceptors (Lipinski definition) is 4. The maximum absolute atomic E-state index is 10.7. The largest absolute Gasteiger partial charge is 0.380 e. The Morgan fingerprint density at radius 2 is 2.10 bits per heavy atom. The van der Waals surface area contributed by atoms with Crippen LogP contribution >= 0.6 is 15.9 Å². The minimum Gasteiger partial charge on any atom is -0.380 e. The summed E-state index contributed by atoms with van der Waals surface area (Å²) in [6, 6.07) is 5.01. The number of nitro benzene ring substituents is 1. The van der Waals surface area contributed by atoms with Gasteiger partial charge in [-0.2, -0.15) is 0 Å². The monoisotopic (exact) mass is 341 g/mol. The first-order valence-electron chi connectivity index (χ1n) is 7.02. The Morgan fingerprint density at radius 1 is 1.40 bits per heavy atom. The van der Waals surface area contributed by atoms with Gasteiger partial charge in [-0.1, -0.05) is 19.3 Å². The van der Waals surface area contributed by atoms with Crippen LogP contribution < -0.4 is 11.1 Å². The predicted octanol–water partition coefficient (Wildman–Crippen LogP) is 3.68. The smallest absolute Gasteiger partial charge is 0.270 e. The number of anilines is 1. The number of hydrogen-bond donors (Lipinski definition) is 2. The summed E-state index contributed by atoms with van der Waals surface area (Å²) in [7, 11) is 0. The van der Waals surface area contributed by atoms with E-state index in [1.807, 2.05) is 0 Å². The van der Waals surface area contributed by atoms with E-state index in [9.17, 15) is 10.1 Å². The summed E-state index contributed by atoms with van der Waals surface area (Å²) in [6.45, 7) is 0.577. The van der Waals surface area contributed by atoms with Gasteiger partial charge < -0.3 is 11.1 Å². The number of nitrogens with zero attached hydrogens (tertiary/aromatic N) is 1. The molecule has 3 N–H and O–H groups in total. The van der Waals surface area contributed by atoms with Crippen molar-refractivity contribution in [1.29, 1.82) is 0 Å². The molecule has 1 saturated carbocycles. The molecule has 0 amide bonds. The quantitative estimate of drug-likeness (QED) is 0.632. The molecular formula is C14H20BrN3O2. The average molecular weight is 342 g/mol. The maximum atomic E-state index is 10.7. The highest BCUT2D eigenvalue weighted by Crippen LogP contribution is 2.31. The van der Waals surface area contributed by atoms with Gasteiger partial charge in [-0.05, 0) is 40.8 Å². The fourth-order valence-corrected chi connectivity index (χ4v) is 3.32. The summed E-state index contributed by atoms with van der Waals surface area (Å²) in [4.78, 5) is 10.3. The van der Waals surface area contributed by atoms with Crippen molar-refractivity contribution < 1.29 is 4.92 Å². The van der Waals surface area contributed by atoms with Crippen LogP contribution in [0.3, 0.4) is 0 Å². The van der Waals surface area contributed by atoms with Crippen molar-refractivity contribution in [3.05, 3.63) is 32.8 Å². The van der Waals surface area contributed by atoms with Crippen LogP contribution in [0.15, 0.2) is 22.7 Å². The second kappa shape index (κ2) is 7.04. The van der Waals surface area contributed by atoms with Gasteiger partial charge in [0.25, 0.3) is 5.69 Å².